The number of imidazole rings is 1. The summed E-state index contributed by atoms with van der Waals surface area (Å²) in [4.78, 5) is 20.6. The number of nitrogens with one attached hydrogen (secondary N) is 2. The van der Waals surface area contributed by atoms with Crippen molar-refractivity contribution >= 4 is 28.8 Å². The van der Waals surface area contributed by atoms with E-state index in [9.17, 15) is 4.79 Å². The summed E-state index contributed by atoms with van der Waals surface area (Å²) in [5.41, 5.74) is 2.00. The zero-order chi connectivity index (χ0) is 16.2. The molecule has 0 radical (unpaired) electrons. The van der Waals surface area contributed by atoms with Gasteiger partial charge in [0.1, 0.15) is 5.82 Å². The molecule has 1 amide bonds. The highest BCUT2D eigenvalue weighted by Crippen LogP contribution is 2.24. The molecule has 1 aromatic carbocycles. The summed E-state index contributed by atoms with van der Waals surface area (Å²) in [5.74, 6) is 0.619. The Labute approximate surface area is 143 Å². The minimum absolute atomic E-state index is 0.133. The molecule has 2 N–H and O–H groups in total. The third-order valence-corrected chi connectivity index (χ3v) is 4.75. The zero-order valence-electron chi connectivity index (χ0n) is 12.5. The van der Waals surface area contributed by atoms with E-state index in [1.807, 2.05) is 37.3 Å². The number of thiophene rings is 1. The third kappa shape index (κ3) is 3.63. The lowest BCUT2D eigenvalue weighted by Gasteiger charge is -2.14. The first-order chi connectivity index (χ1) is 11.2. The number of rotatable bonds is 5. The van der Waals surface area contributed by atoms with Gasteiger partial charge < -0.3 is 10.3 Å². The first-order valence-corrected chi connectivity index (χ1v) is 8.53. The monoisotopic (exact) mass is 345 g/mol. The number of H-pyrrole nitrogens is 1. The van der Waals surface area contributed by atoms with E-state index in [4.69, 9.17) is 11.6 Å². The number of benzene rings is 1. The van der Waals surface area contributed by atoms with Crippen LogP contribution >= 0.6 is 22.9 Å². The largest absolute Gasteiger partial charge is 0.341 e. The number of aromatic nitrogens is 2. The molecule has 0 spiro atoms. The molecule has 118 valence electrons. The molecule has 0 aliphatic carbocycles. The maximum Gasteiger partial charge on any atom is 0.261 e. The van der Waals surface area contributed by atoms with Crippen molar-refractivity contribution in [1.29, 1.82) is 0 Å². The molecule has 0 fully saturated rings. The predicted molar refractivity (Wildman–Crippen MR) is 93.9 cm³/mol. The Morgan fingerprint density at radius 1 is 1.30 bits per heavy atom. The fourth-order valence-corrected chi connectivity index (χ4v) is 3.25. The van der Waals surface area contributed by atoms with Crippen molar-refractivity contribution in [3.63, 3.8) is 0 Å². The van der Waals surface area contributed by atoms with E-state index in [0.29, 0.717) is 9.21 Å². The number of carbonyl (C=O) groups excluding carboxylic acids is 1. The minimum atomic E-state index is -0.166. The first kappa shape index (κ1) is 15.8. The highest BCUT2D eigenvalue weighted by molar-refractivity contribution is 7.17. The Morgan fingerprint density at radius 2 is 2.09 bits per heavy atom. The van der Waals surface area contributed by atoms with Crippen LogP contribution in [0.3, 0.4) is 0 Å². The molecule has 0 saturated carbocycles. The van der Waals surface area contributed by atoms with Gasteiger partial charge in [-0.25, -0.2) is 4.98 Å². The first-order valence-electron chi connectivity index (χ1n) is 7.34. The van der Waals surface area contributed by atoms with Crippen LogP contribution in [0.5, 0.6) is 0 Å². The van der Waals surface area contributed by atoms with Gasteiger partial charge in [-0.15, -0.1) is 11.3 Å². The normalized spacial score (nSPS) is 12.1. The summed E-state index contributed by atoms with van der Waals surface area (Å²) in [7, 11) is 0. The molecule has 0 aliphatic heterocycles. The number of nitrogens with zero attached hydrogens (tertiary/aromatic N) is 1. The van der Waals surface area contributed by atoms with Gasteiger partial charge in [0.15, 0.2) is 0 Å². The number of aromatic amines is 1. The molecule has 0 bridgehead atoms. The van der Waals surface area contributed by atoms with Gasteiger partial charge in [-0.1, -0.05) is 48.9 Å². The highest BCUT2D eigenvalue weighted by Gasteiger charge is 2.18. The van der Waals surface area contributed by atoms with Crippen LogP contribution in [0.4, 0.5) is 0 Å². The molecule has 0 aliphatic rings. The third-order valence-electron chi connectivity index (χ3n) is 3.52. The van der Waals surface area contributed by atoms with Gasteiger partial charge >= 0.3 is 0 Å². The van der Waals surface area contributed by atoms with Gasteiger partial charge in [0.05, 0.1) is 27.1 Å². The van der Waals surface area contributed by atoms with Crippen molar-refractivity contribution in [3.05, 3.63) is 63.7 Å². The number of carbonyl (C=O) groups is 1. The minimum Gasteiger partial charge on any atom is -0.341 e. The van der Waals surface area contributed by atoms with Gasteiger partial charge in [-0.3, -0.25) is 4.79 Å². The molecule has 6 heteroatoms. The van der Waals surface area contributed by atoms with Gasteiger partial charge in [0.25, 0.3) is 5.91 Å². The second-order valence-corrected chi connectivity index (χ2v) is 6.80. The molecule has 1 unspecified atom stereocenters. The van der Waals surface area contributed by atoms with Crippen LogP contribution in [-0.4, -0.2) is 15.9 Å². The lowest BCUT2D eigenvalue weighted by molar-refractivity contribution is 0.0938. The molecular weight excluding hydrogens is 330 g/mol. The van der Waals surface area contributed by atoms with Crippen LogP contribution in [0.15, 0.2) is 48.7 Å². The maximum atomic E-state index is 12.3. The zero-order valence-corrected chi connectivity index (χ0v) is 14.1. The topological polar surface area (TPSA) is 57.8 Å². The number of amides is 1. The van der Waals surface area contributed by atoms with Crippen molar-refractivity contribution in [2.45, 2.75) is 19.4 Å². The molecule has 4 nitrogen and oxygen atoms in total. The summed E-state index contributed by atoms with van der Waals surface area (Å²) in [6, 6.07) is 13.3. The summed E-state index contributed by atoms with van der Waals surface area (Å²) < 4.78 is 0.604. The summed E-state index contributed by atoms with van der Waals surface area (Å²) >= 11 is 7.15. The molecule has 2 aromatic heterocycles. The van der Waals surface area contributed by atoms with Crippen molar-refractivity contribution < 1.29 is 4.79 Å². The maximum absolute atomic E-state index is 12.3. The van der Waals surface area contributed by atoms with Crippen LogP contribution in [-0.2, 0) is 0 Å². The van der Waals surface area contributed by atoms with E-state index in [1.165, 1.54) is 11.3 Å². The molecule has 23 heavy (non-hydrogen) atoms. The number of hydrogen-bond acceptors (Lipinski definition) is 3. The molecule has 3 rings (SSSR count). The van der Waals surface area contributed by atoms with Crippen LogP contribution < -0.4 is 5.32 Å². The van der Waals surface area contributed by atoms with Gasteiger partial charge in [-0.2, -0.15) is 0 Å². The molecule has 0 saturated heterocycles. The van der Waals surface area contributed by atoms with Crippen molar-refractivity contribution in [2.75, 3.05) is 0 Å². The summed E-state index contributed by atoms with van der Waals surface area (Å²) in [6.07, 6.45) is 2.54. The lowest BCUT2D eigenvalue weighted by atomic mass is 10.2. The van der Waals surface area contributed by atoms with Crippen molar-refractivity contribution in [1.82, 2.24) is 15.3 Å². The smallest absolute Gasteiger partial charge is 0.261 e. The van der Waals surface area contributed by atoms with Crippen LogP contribution in [0.1, 0.15) is 34.9 Å². The SMILES string of the molecule is CCC(NC(=O)c1ccc(Cl)s1)c1ncc(-c2ccccc2)[nH]1. The second-order valence-electron chi connectivity index (χ2n) is 5.09. The standard InChI is InChI=1S/C17H16ClN3OS/c1-2-12(21-17(22)14-8-9-15(18)23-14)16-19-10-13(20-16)11-6-4-3-5-7-11/h3-10,12H,2H2,1H3,(H,19,20)(H,21,22). The van der Waals surface area contributed by atoms with E-state index in [0.717, 1.165) is 23.5 Å². The Hall–Kier alpha value is -2.11. The number of halogens is 1. The second kappa shape index (κ2) is 6.98. The Bertz CT molecular complexity index is 797. The molecular formula is C17H16ClN3OS. The van der Waals surface area contributed by atoms with E-state index in [2.05, 4.69) is 15.3 Å². The van der Waals surface area contributed by atoms with Crippen molar-refractivity contribution in [3.8, 4) is 11.3 Å². The quantitative estimate of drug-likeness (QED) is 0.705. The van der Waals surface area contributed by atoms with E-state index in [1.54, 1.807) is 18.3 Å². The predicted octanol–water partition coefficient (Wildman–Crippen LogP) is 4.67. The fourth-order valence-electron chi connectivity index (χ4n) is 2.31. The van der Waals surface area contributed by atoms with Gasteiger partial charge in [0, 0.05) is 0 Å². The fraction of sp³-hybridized carbons (Fsp3) is 0.176. The molecule has 2 heterocycles. The average molecular weight is 346 g/mol. The lowest BCUT2D eigenvalue weighted by Crippen LogP contribution is -2.28. The Morgan fingerprint density at radius 3 is 2.74 bits per heavy atom. The van der Waals surface area contributed by atoms with E-state index in [-0.39, 0.29) is 11.9 Å². The number of hydrogen-bond donors (Lipinski definition) is 2. The molecule has 3 aromatic rings. The summed E-state index contributed by atoms with van der Waals surface area (Å²) in [6.45, 7) is 2.01. The van der Waals surface area contributed by atoms with Crippen LogP contribution in [0, 0.1) is 0 Å². The molecule has 1 atom stereocenters. The van der Waals surface area contributed by atoms with E-state index >= 15 is 0 Å². The van der Waals surface area contributed by atoms with Crippen LogP contribution in [0.2, 0.25) is 4.34 Å². The highest BCUT2D eigenvalue weighted by atomic mass is 35.5. The van der Waals surface area contributed by atoms with E-state index < -0.39 is 0 Å². The Kier molecular flexibility index (Phi) is 4.79. The Balaban J connectivity index is 1.76. The van der Waals surface area contributed by atoms with Crippen LogP contribution in [0.25, 0.3) is 11.3 Å². The summed E-state index contributed by atoms with van der Waals surface area (Å²) in [5, 5.41) is 3.00. The van der Waals surface area contributed by atoms with Gasteiger partial charge in [0.2, 0.25) is 0 Å². The average Bonchev–Trinajstić information content (AvgIpc) is 3.22. The van der Waals surface area contributed by atoms with Gasteiger partial charge in [-0.05, 0) is 24.1 Å². The van der Waals surface area contributed by atoms with Crippen molar-refractivity contribution in [2.24, 2.45) is 0 Å².